The minimum Gasteiger partial charge on any atom is -0.480 e. The van der Waals surface area contributed by atoms with Crippen molar-refractivity contribution in [2.24, 2.45) is 5.92 Å². The van der Waals surface area contributed by atoms with Gasteiger partial charge in [-0.3, -0.25) is 19.7 Å². The van der Waals surface area contributed by atoms with Gasteiger partial charge in [-0.25, -0.2) is 0 Å². The monoisotopic (exact) mass is 321 g/mol. The van der Waals surface area contributed by atoms with Crippen molar-refractivity contribution >= 4 is 23.3 Å². The van der Waals surface area contributed by atoms with Gasteiger partial charge >= 0.3 is 5.97 Å². The van der Waals surface area contributed by atoms with Crippen molar-refractivity contribution in [2.75, 3.05) is 24.5 Å². The van der Waals surface area contributed by atoms with Crippen LogP contribution < -0.4 is 10.2 Å². The van der Waals surface area contributed by atoms with E-state index in [-0.39, 0.29) is 11.3 Å². The van der Waals surface area contributed by atoms with E-state index < -0.39 is 23.3 Å². The lowest BCUT2D eigenvalue weighted by Crippen LogP contribution is -2.33. The quantitative estimate of drug-likeness (QED) is 0.630. The zero-order chi connectivity index (χ0) is 17.0. The van der Waals surface area contributed by atoms with Crippen molar-refractivity contribution in [3.8, 4) is 0 Å². The van der Waals surface area contributed by atoms with Crippen LogP contribution in [-0.4, -0.2) is 41.5 Å². The summed E-state index contributed by atoms with van der Waals surface area (Å²) in [4.78, 5) is 35.1. The zero-order valence-corrected chi connectivity index (χ0v) is 12.8. The lowest BCUT2D eigenvalue weighted by Gasteiger charge is -2.31. The molecule has 1 amide bonds. The van der Waals surface area contributed by atoms with E-state index in [9.17, 15) is 19.7 Å². The van der Waals surface area contributed by atoms with E-state index in [1.54, 1.807) is 6.07 Å². The third-order valence-electron chi connectivity index (χ3n) is 3.96. The van der Waals surface area contributed by atoms with E-state index in [1.165, 1.54) is 12.1 Å². The number of benzene rings is 1. The molecular formula is C15H19N3O5. The molecule has 1 aromatic rings. The zero-order valence-electron chi connectivity index (χ0n) is 12.8. The number of amides is 1. The van der Waals surface area contributed by atoms with Crippen molar-refractivity contribution < 1.29 is 19.6 Å². The van der Waals surface area contributed by atoms with Crippen LogP contribution in [-0.2, 0) is 4.79 Å². The number of hydrogen-bond acceptors (Lipinski definition) is 5. The van der Waals surface area contributed by atoms with Gasteiger partial charge in [0.25, 0.3) is 11.6 Å². The minimum absolute atomic E-state index is 0.0760. The molecule has 0 aliphatic carbocycles. The van der Waals surface area contributed by atoms with Gasteiger partial charge in [0.1, 0.15) is 12.2 Å². The van der Waals surface area contributed by atoms with E-state index >= 15 is 0 Å². The van der Waals surface area contributed by atoms with Crippen LogP contribution in [0.4, 0.5) is 11.4 Å². The molecule has 2 N–H and O–H groups in total. The third-order valence-corrected chi connectivity index (χ3v) is 3.96. The summed E-state index contributed by atoms with van der Waals surface area (Å²) in [6.45, 7) is 3.11. The molecular weight excluding hydrogens is 302 g/mol. The molecule has 23 heavy (non-hydrogen) atoms. The van der Waals surface area contributed by atoms with Crippen LogP contribution >= 0.6 is 0 Å². The Morgan fingerprint density at radius 2 is 2.04 bits per heavy atom. The molecule has 0 unspecified atom stereocenters. The van der Waals surface area contributed by atoms with Gasteiger partial charge in [0.2, 0.25) is 0 Å². The molecule has 2 rings (SSSR count). The average Bonchev–Trinajstić information content (AvgIpc) is 2.52. The van der Waals surface area contributed by atoms with Gasteiger partial charge in [-0.15, -0.1) is 0 Å². The Labute approximate surface area is 133 Å². The van der Waals surface area contributed by atoms with Crippen LogP contribution in [0.3, 0.4) is 0 Å². The SMILES string of the molecule is CC1CCN(c2ccc(C(=O)NCC(=O)O)cc2[N+](=O)[O-])CC1. The Morgan fingerprint density at radius 1 is 1.39 bits per heavy atom. The Balaban J connectivity index is 2.23. The molecule has 1 aliphatic heterocycles. The highest BCUT2D eigenvalue weighted by molar-refractivity contribution is 5.97. The summed E-state index contributed by atoms with van der Waals surface area (Å²) in [5.41, 5.74) is 0.436. The fraction of sp³-hybridized carbons (Fsp3) is 0.467. The number of nitrogens with zero attached hydrogens (tertiary/aromatic N) is 2. The second-order valence-corrected chi connectivity index (χ2v) is 5.71. The molecule has 0 bridgehead atoms. The maximum absolute atomic E-state index is 11.8. The van der Waals surface area contributed by atoms with Gasteiger partial charge in [0.15, 0.2) is 0 Å². The van der Waals surface area contributed by atoms with Crippen LogP contribution in [0.25, 0.3) is 0 Å². The van der Waals surface area contributed by atoms with Crippen molar-refractivity contribution in [1.82, 2.24) is 5.32 Å². The second kappa shape index (κ2) is 7.08. The van der Waals surface area contributed by atoms with Crippen LogP contribution in [0.5, 0.6) is 0 Å². The summed E-state index contributed by atoms with van der Waals surface area (Å²) in [5.74, 6) is -1.22. The van der Waals surface area contributed by atoms with Crippen molar-refractivity contribution in [3.63, 3.8) is 0 Å². The highest BCUT2D eigenvalue weighted by Crippen LogP contribution is 2.32. The van der Waals surface area contributed by atoms with E-state index in [4.69, 9.17) is 5.11 Å². The molecule has 0 saturated carbocycles. The Kier molecular flexibility index (Phi) is 5.15. The van der Waals surface area contributed by atoms with Gasteiger partial charge in [-0.05, 0) is 30.9 Å². The van der Waals surface area contributed by atoms with Crippen LogP contribution in [0.2, 0.25) is 0 Å². The molecule has 0 radical (unpaired) electrons. The van der Waals surface area contributed by atoms with Gasteiger partial charge in [0.05, 0.1) is 4.92 Å². The number of hydrogen-bond donors (Lipinski definition) is 2. The van der Waals surface area contributed by atoms with Crippen molar-refractivity contribution in [2.45, 2.75) is 19.8 Å². The summed E-state index contributed by atoms with van der Waals surface area (Å²) >= 11 is 0. The molecule has 1 fully saturated rings. The number of carboxylic acids is 1. The number of nitrogens with one attached hydrogen (secondary N) is 1. The highest BCUT2D eigenvalue weighted by atomic mass is 16.6. The predicted molar refractivity (Wildman–Crippen MR) is 83.7 cm³/mol. The average molecular weight is 321 g/mol. The molecule has 1 heterocycles. The molecule has 124 valence electrons. The predicted octanol–water partition coefficient (Wildman–Crippen LogP) is 1.65. The molecule has 0 spiro atoms. The normalized spacial score (nSPS) is 15.3. The third kappa shape index (κ3) is 4.18. The minimum atomic E-state index is -1.17. The maximum Gasteiger partial charge on any atom is 0.322 e. The molecule has 1 saturated heterocycles. The topological polar surface area (TPSA) is 113 Å². The number of piperidine rings is 1. The van der Waals surface area contributed by atoms with Gasteiger partial charge < -0.3 is 15.3 Å². The number of aliphatic carboxylic acids is 1. The van der Waals surface area contributed by atoms with Crippen LogP contribution in [0.15, 0.2) is 18.2 Å². The van der Waals surface area contributed by atoms with Gasteiger partial charge in [-0.2, -0.15) is 0 Å². The number of nitro benzene ring substituents is 1. The number of anilines is 1. The maximum atomic E-state index is 11.8. The lowest BCUT2D eigenvalue weighted by molar-refractivity contribution is -0.384. The van der Waals surface area contributed by atoms with Crippen molar-refractivity contribution in [3.05, 3.63) is 33.9 Å². The Hall–Kier alpha value is -2.64. The Bertz CT molecular complexity index is 624. The molecule has 0 atom stereocenters. The number of nitro groups is 1. The molecule has 1 aliphatic rings. The summed E-state index contributed by atoms with van der Waals surface area (Å²) in [6, 6.07) is 4.24. The van der Waals surface area contributed by atoms with Crippen LogP contribution in [0.1, 0.15) is 30.1 Å². The standard InChI is InChI=1S/C15H19N3O5/c1-10-4-6-17(7-5-10)12-3-2-11(8-13(12)18(22)23)15(21)16-9-14(19)20/h2-3,8,10H,4-7,9H2,1H3,(H,16,21)(H,19,20). The number of carbonyl (C=O) groups is 2. The first kappa shape index (κ1) is 16.7. The summed E-state index contributed by atoms with van der Waals surface area (Å²) < 4.78 is 0. The fourth-order valence-corrected chi connectivity index (χ4v) is 2.59. The second-order valence-electron chi connectivity index (χ2n) is 5.71. The molecule has 1 aromatic carbocycles. The molecule has 8 nitrogen and oxygen atoms in total. The number of carbonyl (C=O) groups excluding carboxylic acids is 1. The van der Waals surface area contributed by atoms with Gasteiger partial charge in [0, 0.05) is 24.7 Å². The molecule has 0 aromatic heterocycles. The smallest absolute Gasteiger partial charge is 0.322 e. The lowest BCUT2D eigenvalue weighted by atomic mass is 9.98. The van der Waals surface area contributed by atoms with E-state index in [0.29, 0.717) is 11.6 Å². The largest absolute Gasteiger partial charge is 0.480 e. The van der Waals surface area contributed by atoms with E-state index in [1.807, 2.05) is 4.90 Å². The summed E-state index contributed by atoms with van der Waals surface area (Å²) in [7, 11) is 0. The molecule has 8 heteroatoms. The first-order chi connectivity index (χ1) is 10.9. The summed E-state index contributed by atoms with van der Waals surface area (Å²) in [5, 5.41) is 22.1. The summed E-state index contributed by atoms with van der Waals surface area (Å²) in [6.07, 6.45) is 1.94. The van der Waals surface area contributed by atoms with E-state index in [2.05, 4.69) is 12.2 Å². The first-order valence-electron chi connectivity index (χ1n) is 7.42. The highest BCUT2D eigenvalue weighted by Gasteiger charge is 2.24. The van der Waals surface area contributed by atoms with Gasteiger partial charge in [-0.1, -0.05) is 6.92 Å². The van der Waals surface area contributed by atoms with E-state index in [0.717, 1.165) is 25.9 Å². The number of carboxylic acid groups (broad SMARTS) is 1. The first-order valence-corrected chi connectivity index (χ1v) is 7.42. The van der Waals surface area contributed by atoms with Crippen molar-refractivity contribution in [1.29, 1.82) is 0 Å². The fourth-order valence-electron chi connectivity index (χ4n) is 2.59. The van der Waals surface area contributed by atoms with Crippen LogP contribution in [0, 0.1) is 16.0 Å². The number of rotatable bonds is 5. The Morgan fingerprint density at radius 3 is 2.61 bits per heavy atom.